The average molecular weight is 497 g/mol. The molecule has 0 saturated carbocycles. The molecule has 0 spiro atoms. The molecule has 0 heterocycles. The van der Waals surface area contributed by atoms with E-state index in [1.807, 2.05) is 0 Å². The lowest BCUT2D eigenvalue weighted by Crippen LogP contribution is -2.59. The molecule has 192 valence electrons. The highest BCUT2D eigenvalue weighted by atomic mass is 28.4. The average Bonchev–Trinajstić information content (AvgIpc) is 2.74. The zero-order valence-electron chi connectivity index (χ0n) is 20.5. The van der Waals surface area contributed by atoms with Crippen LogP contribution in [0.4, 0.5) is 0 Å². The molecule has 0 aromatic rings. The third-order valence-electron chi connectivity index (χ3n) is 3.76. The molecule has 0 amide bonds. The fourth-order valence-corrected chi connectivity index (χ4v) is 4.71. The fraction of sp³-hybridized carbons (Fsp3) is 0.800. The van der Waals surface area contributed by atoms with E-state index in [0.29, 0.717) is 0 Å². The molecule has 0 aromatic heterocycles. The number of rotatable bonds is 16. The van der Waals surface area contributed by atoms with E-state index in [1.165, 1.54) is 27.7 Å². The molecule has 0 radical (unpaired) electrons. The summed E-state index contributed by atoms with van der Waals surface area (Å²) in [6, 6.07) is 0. The number of hydrogen-bond acceptors (Lipinski definition) is 12. The Bertz CT molecular complexity index is 531. The maximum atomic E-state index is 12.2. The van der Waals surface area contributed by atoms with Crippen molar-refractivity contribution in [2.24, 2.45) is 0 Å². The van der Waals surface area contributed by atoms with E-state index in [2.05, 4.69) is 0 Å². The number of carbonyl (C=O) groups is 4. The van der Waals surface area contributed by atoms with Crippen molar-refractivity contribution in [3.63, 3.8) is 0 Å². The molecule has 0 aliphatic rings. The van der Waals surface area contributed by atoms with Gasteiger partial charge in [-0.15, -0.1) is 0 Å². The van der Waals surface area contributed by atoms with Crippen molar-refractivity contribution in [1.29, 1.82) is 0 Å². The fourth-order valence-electron chi connectivity index (χ4n) is 2.26. The van der Waals surface area contributed by atoms with E-state index < -0.39 is 57.3 Å². The van der Waals surface area contributed by atoms with Crippen LogP contribution < -0.4 is 0 Å². The molecular weight excluding hydrogens is 460 g/mol. The van der Waals surface area contributed by atoms with Crippen molar-refractivity contribution in [2.45, 2.75) is 79.8 Å². The highest BCUT2D eigenvalue weighted by Crippen LogP contribution is 2.23. The first-order valence-corrected chi connectivity index (χ1v) is 12.5. The Morgan fingerprint density at radius 1 is 0.485 bits per heavy atom. The van der Waals surface area contributed by atoms with Gasteiger partial charge in [0.05, 0.1) is 26.4 Å². The van der Waals surface area contributed by atoms with Crippen molar-refractivity contribution in [2.75, 3.05) is 26.4 Å². The van der Waals surface area contributed by atoms with Crippen LogP contribution in [0.3, 0.4) is 0 Å². The first kappa shape index (κ1) is 30.9. The number of ether oxygens (including phenoxy) is 4. The summed E-state index contributed by atoms with van der Waals surface area (Å²) in [5.74, 6) is -3.11. The van der Waals surface area contributed by atoms with Crippen LogP contribution in [0, 0.1) is 0 Å². The molecule has 4 unspecified atom stereocenters. The Morgan fingerprint density at radius 2 is 0.667 bits per heavy atom. The monoisotopic (exact) mass is 496 g/mol. The van der Waals surface area contributed by atoms with Gasteiger partial charge in [0.1, 0.15) is 24.4 Å². The van der Waals surface area contributed by atoms with Gasteiger partial charge in [-0.3, -0.25) is 0 Å². The zero-order chi connectivity index (χ0) is 25.6. The Balaban J connectivity index is 6.21. The van der Waals surface area contributed by atoms with Crippen LogP contribution in [0.15, 0.2) is 0 Å². The summed E-state index contributed by atoms with van der Waals surface area (Å²) in [6.07, 6.45) is -5.19. The van der Waals surface area contributed by atoms with E-state index in [-0.39, 0.29) is 26.4 Å². The highest BCUT2D eigenvalue weighted by molar-refractivity contribution is 6.54. The van der Waals surface area contributed by atoms with Crippen LogP contribution in [0.25, 0.3) is 0 Å². The van der Waals surface area contributed by atoms with Gasteiger partial charge >= 0.3 is 32.9 Å². The topological polar surface area (TPSA) is 142 Å². The van der Waals surface area contributed by atoms with Crippen LogP contribution in [-0.2, 0) is 55.8 Å². The molecule has 0 aliphatic heterocycles. The van der Waals surface area contributed by atoms with Gasteiger partial charge in [0, 0.05) is 0 Å². The van der Waals surface area contributed by atoms with Gasteiger partial charge in [-0.1, -0.05) is 0 Å². The number of esters is 4. The van der Waals surface area contributed by atoms with Crippen molar-refractivity contribution in [1.82, 2.24) is 0 Å². The summed E-state index contributed by atoms with van der Waals surface area (Å²) in [4.78, 5) is 48.9. The summed E-state index contributed by atoms with van der Waals surface area (Å²) < 4.78 is 42.7. The second kappa shape index (κ2) is 15.7. The normalized spacial score (nSPS) is 16.5. The predicted molar refractivity (Wildman–Crippen MR) is 114 cm³/mol. The van der Waals surface area contributed by atoms with Crippen LogP contribution >= 0.6 is 0 Å². The van der Waals surface area contributed by atoms with Gasteiger partial charge in [-0.25, -0.2) is 19.2 Å². The third-order valence-corrected chi connectivity index (χ3v) is 6.33. The second-order valence-corrected chi connectivity index (χ2v) is 8.49. The molecule has 0 bridgehead atoms. The van der Waals surface area contributed by atoms with Crippen molar-refractivity contribution in [3.8, 4) is 0 Å². The molecule has 33 heavy (non-hydrogen) atoms. The molecule has 0 N–H and O–H groups in total. The van der Waals surface area contributed by atoms with E-state index in [1.54, 1.807) is 27.7 Å². The largest absolute Gasteiger partial charge is 0.682 e. The quantitative estimate of drug-likeness (QED) is 0.173. The van der Waals surface area contributed by atoms with Crippen molar-refractivity contribution >= 4 is 32.9 Å². The molecule has 13 heteroatoms. The van der Waals surface area contributed by atoms with Crippen LogP contribution in [0.2, 0.25) is 0 Å². The van der Waals surface area contributed by atoms with Gasteiger partial charge in [0.25, 0.3) is 0 Å². The Kier molecular flexibility index (Phi) is 14.7. The number of hydrogen-bond donors (Lipinski definition) is 0. The van der Waals surface area contributed by atoms with Gasteiger partial charge in [0.15, 0.2) is 0 Å². The summed E-state index contributed by atoms with van der Waals surface area (Å²) in [5.41, 5.74) is 0. The molecule has 0 saturated heterocycles. The molecule has 0 aliphatic carbocycles. The van der Waals surface area contributed by atoms with E-state index in [4.69, 9.17) is 36.7 Å². The minimum atomic E-state index is -4.62. The van der Waals surface area contributed by atoms with Gasteiger partial charge in [-0.05, 0) is 55.4 Å². The van der Waals surface area contributed by atoms with Gasteiger partial charge in [0.2, 0.25) is 0 Å². The third kappa shape index (κ3) is 11.1. The van der Waals surface area contributed by atoms with E-state index in [0.717, 1.165) is 0 Å². The molecule has 12 nitrogen and oxygen atoms in total. The lowest BCUT2D eigenvalue weighted by molar-refractivity contribution is -0.175. The van der Waals surface area contributed by atoms with Crippen molar-refractivity contribution < 1.29 is 55.8 Å². The van der Waals surface area contributed by atoms with Crippen molar-refractivity contribution in [3.05, 3.63) is 0 Å². The van der Waals surface area contributed by atoms with Crippen LogP contribution in [-0.4, -0.2) is 83.8 Å². The highest BCUT2D eigenvalue weighted by Gasteiger charge is 2.55. The minimum absolute atomic E-state index is 0.0708. The summed E-state index contributed by atoms with van der Waals surface area (Å²) in [7, 11) is -4.62. The maximum Gasteiger partial charge on any atom is 0.682 e. The summed E-state index contributed by atoms with van der Waals surface area (Å²) in [6.45, 7) is 12.1. The second-order valence-electron chi connectivity index (χ2n) is 6.55. The Labute approximate surface area is 195 Å². The standard InChI is InChI=1S/C20H36O12Si/c1-9-25-17(21)13(5)29-33(30-14(6)18(22)26-10-2,31-15(7)19(23)27-11-3)32-16(8)20(24)28-12-4/h13-16H,9-12H2,1-8H3. The molecular formula is C20H36O12Si. The minimum Gasteiger partial charge on any atom is -0.464 e. The zero-order valence-corrected chi connectivity index (χ0v) is 21.5. The number of carbonyl (C=O) groups excluding carboxylic acids is 4. The van der Waals surface area contributed by atoms with Gasteiger partial charge < -0.3 is 36.7 Å². The first-order chi connectivity index (χ1) is 15.5. The lowest BCUT2D eigenvalue weighted by atomic mass is 10.4. The van der Waals surface area contributed by atoms with Gasteiger partial charge in [-0.2, -0.15) is 0 Å². The Morgan fingerprint density at radius 3 is 0.818 bits per heavy atom. The van der Waals surface area contributed by atoms with Crippen LogP contribution in [0.1, 0.15) is 55.4 Å². The lowest BCUT2D eigenvalue weighted by Gasteiger charge is -2.34. The van der Waals surface area contributed by atoms with E-state index in [9.17, 15) is 19.2 Å². The Hall–Kier alpha value is -2.06. The van der Waals surface area contributed by atoms with E-state index >= 15 is 0 Å². The summed E-state index contributed by atoms with van der Waals surface area (Å²) >= 11 is 0. The smallest absolute Gasteiger partial charge is 0.464 e. The predicted octanol–water partition coefficient (Wildman–Crippen LogP) is 1.29. The molecule has 4 atom stereocenters. The molecule has 0 rings (SSSR count). The van der Waals surface area contributed by atoms with Crippen LogP contribution in [0.5, 0.6) is 0 Å². The maximum absolute atomic E-state index is 12.2. The first-order valence-electron chi connectivity index (χ1n) is 10.8. The molecule has 0 aromatic carbocycles. The molecule has 0 fully saturated rings. The SMILES string of the molecule is CCOC(=O)C(C)O[Si](OC(C)C(=O)OCC)(OC(C)C(=O)OCC)OC(C)C(=O)OCC. The summed E-state index contributed by atoms with van der Waals surface area (Å²) in [5, 5.41) is 0.